The molecule has 7 heteroatoms. The van der Waals surface area contributed by atoms with Gasteiger partial charge in [0.05, 0.1) is 10.8 Å². The van der Waals surface area contributed by atoms with E-state index in [0.29, 0.717) is 19.4 Å². The zero-order valence-corrected chi connectivity index (χ0v) is 19.0. The third kappa shape index (κ3) is 5.90. The van der Waals surface area contributed by atoms with Gasteiger partial charge in [-0.05, 0) is 62.4 Å². The molecule has 156 valence electrons. The van der Waals surface area contributed by atoms with Gasteiger partial charge in [0, 0.05) is 23.6 Å². The van der Waals surface area contributed by atoms with Gasteiger partial charge >= 0.3 is 0 Å². The second kappa shape index (κ2) is 9.87. The predicted molar refractivity (Wildman–Crippen MR) is 118 cm³/mol. The summed E-state index contributed by atoms with van der Waals surface area (Å²) in [6, 6.07) is 16.9. The lowest BCUT2D eigenvalue weighted by atomic mass is 9.98. The Morgan fingerprint density at radius 3 is 2.55 bits per heavy atom. The number of rotatable bonds is 7. The maximum Gasteiger partial charge on any atom is 0.243 e. The van der Waals surface area contributed by atoms with E-state index in [2.05, 4.69) is 33.4 Å². The Balaban J connectivity index is 1.56. The highest BCUT2D eigenvalue weighted by Crippen LogP contribution is 2.25. The van der Waals surface area contributed by atoms with Crippen LogP contribution in [-0.4, -0.2) is 37.8 Å². The van der Waals surface area contributed by atoms with Crippen LogP contribution in [0.2, 0.25) is 0 Å². The number of nitrogens with zero attached hydrogens (tertiary/aromatic N) is 1. The van der Waals surface area contributed by atoms with Gasteiger partial charge in [0.2, 0.25) is 15.9 Å². The molecule has 1 N–H and O–H groups in total. The van der Waals surface area contributed by atoms with Gasteiger partial charge in [-0.2, -0.15) is 4.31 Å². The van der Waals surface area contributed by atoms with Crippen LogP contribution in [0.25, 0.3) is 0 Å². The number of halogens is 1. The molecule has 1 aliphatic rings. The number of amides is 1. The van der Waals surface area contributed by atoms with E-state index in [9.17, 15) is 13.2 Å². The molecule has 0 radical (unpaired) electrons. The van der Waals surface area contributed by atoms with E-state index in [4.69, 9.17) is 0 Å². The monoisotopic (exact) mass is 478 g/mol. The lowest BCUT2D eigenvalue weighted by Gasteiger charge is -2.32. The fourth-order valence-electron chi connectivity index (χ4n) is 3.59. The summed E-state index contributed by atoms with van der Waals surface area (Å²) in [5.74, 6) is -0.366. The summed E-state index contributed by atoms with van der Waals surface area (Å²) in [4.78, 5) is 13.0. The average Bonchev–Trinajstić information content (AvgIpc) is 2.73. The van der Waals surface area contributed by atoms with E-state index in [1.54, 1.807) is 24.3 Å². The van der Waals surface area contributed by atoms with Crippen molar-refractivity contribution in [3.05, 3.63) is 64.6 Å². The zero-order valence-electron chi connectivity index (χ0n) is 16.6. The van der Waals surface area contributed by atoms with Gasteiger partial charge in [-0.3, -0.25) is 4.79 Å². The first-order chi connectivity index (χ1) is 13.9. The SMILES string of the molecule is C[C@@H](CCc1ccccc1)NC(=O)[C@H]1CCCN(S(=O)(=O)c2ccc(Br)cc2)C1. The van der Waals surface area contributed by atoms with E-state index >= 15 is 0 Å². The minimum absolute atomic E-state index is 0.0427. The van der Waals surface area contributed by atoms with Crippen molar-refractivity contribution >= 4 is 31.9 Å². The van der Waals surface area contributed by atoms with Crippen LogP contribution in [0, 0.1) is 5.92 Å². The van der Waals surface area contributed by atoms with E-state index in [1.165, 1.54) is 9.87 Å². The Bertz CT molecular complexity index is 917. The maximum absolute atomic E-state index is 12.9. The molecule has 2 aromatic carbocycles. The third-order valence-corrected chi connectivity index (χ3v) is 7.71. The summed E-state index contributed by atoms with van der Waals surface area (Å²) in [6.45, 7) is 2.68. The number of hydrogen-bond donors (Lipinski definition) is 1. The van der Waals surface area contributed by atoms with Crippen molar-refractivity contribution in [3.8, 4) is 0 Å². The van der Waals surface area contributed by atoms with Crippen molar-refractivity contribution in [2.45, 2.75) is 43.5 Å². The molecule has 1 saturated heterocycles. The highest BCUT2D eigenvalue weighted by Gasteiger charge is 2.33. The molecule has 2 aromatic rings. The summed E-state index contributed by atoms with van der Waals surface area (Å²) < 4.78 is 28.1. The van der Waals surface area contributed by atoms with Crippen LogP contribution in [0.4, 0.5) is 0 Å². The molecule has 1 fully saturated rings. The molecule has 0 aliphatic carbocycles. The smallest absolute Gasteiger partial charge is 0.243 e. The summed E-state index contributed by atoms with van der Waals surface area (Å²) in [5, 5.41) is 3.07. The third-order valence-electron chi connectivity index (χ3n) is 5.30. The molecule has 29 heavy (non-hydrogen) atoms. The van der Waals surface area contributed by atoms with Crippen molar-refractivity contribution in [1.29, 1.82) is 0 Å². The quantitative estimate of drug-likeness (QED) is 0.653. The first kappa shape index (κ1) is 22.0. The van der Waals surface area contributed by atoms with E-state index in [-0.39, 0.29) is 29.3 Å². The van der Waals surface area contributed by atoms with Crippen molar-refractivity contribution < 1.29 is 13.2 Å². The number of piperidine rings is 1. The first-order valence-corrected chi connectivity index (χ1v) is 12.2. The molecular weight excluding hydrogens is 452 g/mol. The number of sulfonamides is 1. The Kier molecular flexibility index (Phi) is 7.49. The van der Waals surface area contributed by atoms with Gasteiger partial charge in [0.15, 0.2) is 0 Å². The van der Waals surface area contributed by atoms with E-state index < -0.39 is 10.0 Å². The second-order valence-corrected chi connectivity index (χ2v) is 10.4. The molecule has 0 unspecified atom stereocenters. The van der Waals surface area contributed by atoms with Gasteiger partial charge in [0.1, 0.15) is 0 Å². The van der Waals surface area contributed by atoms with Crippen LogP contribution in [0.5, 0.6) is 0 Å². The highest BCUT2D eigenvalue weighted by molar-refractivity contribution is 9.10. The van der Waals surface area contributed by atoms with Crippen LogP contribution in [0.15, 0.2) is 64.0 Å². The molecule has 1 amide bonds. The average molecular weight is 479 g/mol. The minimum Gasteiger partial charge on any atom is -0.353 e. The molecule has 0 bridgehead atoms. The fraction of sp³-hybridized carbons (Fsp3) is 0.409. The van der Waals surface area contributed by atoms with Crippen molar-refractivity contribution in [2.24, 2.45) is 5.92 Å². The number of nitrogens with one attached hydrogen (secondary N) is 1. The van der Waals surface area contributed by atoms with Crippen LogP contribution < -0.4 is 5.32 Å². The molecule has 3 rings (SSSR count). The van der Waals surface area contributed by atoms with Crippen LogP contribution in [0.1, 0.15) is 31.7 Å². The Hall–Kier alpha value is -1.70. The highest BCUT2D eigenvalue weighted by atomic mass is 79.9. The molecule has 0 saturated carbocycles. The summed E-state index contributed by atoms with van der Waals surface area (Å²) in [6.07, 6.45) is 3.15. The van der Waals surface area contributed by atoms with Gasteiger partial charge in [-0.25, -0.2) is 8.42 Å². The molecule has 0 aromatic heterocycles. The Morgan fingerprint density at radius 2 is 1.86 bits per heavy atom. The molecule has 0 spiro atoms. The maximum atomic E-state index is 12.9. The number of aryl methyl sites for hydroxylation is 1. The van der Waals surface area contributed by atoms with Gasteiger partial charge < -0.3 is 5.32 Å². The van der Waals surface area contributed by atoms with Crippen LogP contribution >= 0.6 is 15.9 Å². The topological polar surface area (TPSA) is 66.5 Å². The Morgan fingerprint density at radius 1 is 1.17 bits per heavy atom. The fourth-order valence-corrected chi connectivity index (χ4v) is 5.38. The normalized spacial score (nSPS) is 18.9. The minimum atomic E-state index is -3.59. The molecular formula is C22H27BrN2O3S. The summed E-state index contributed by atoms with van der Waals surface area (Å²) in [7, 11) is -3.59. The van der Waals surface area contributed by atoms with Crippen molar-refractivity contribution in [3.63, 3.8) is 0 Å². The predicted octanol–water partition coefficient (Wildman–Crippen LogP) is 3.99. The largest absolute Gasteiger partial charge is 0.353 e. The number of carbonyl (C=O) groups excluding carboxylic acids is 1. The van der Waals surface area contributed by atoms with Gasteiger partial charge in [0.25, 0.3) is 0 Å². The van der Waals surface area contributed by atoms with Crippen LogP contribution in [-0.2, 0) is 21.2 Å². The lowest BCUT2D eigenvalue weighted by molar-refractivity contribution is -0.126. The molecule has 5 nitrogen and oxygen atoms in total. The van der Waals surface area contributed by atoms with Crippen LogP contribution in [0.3, 0.4) is 0 Å². The number of hydrogen-bond acceptors (Lipinski definition) is 3. The standard InChI is InChI=1S/C22H27BrN2O3S/c1-17(9-10-18-6-3-2-4-7-18)24-22(26)19-8-5-15-25(16-19)29(27,28)21-13-11-20(23)12-14-21/h2-4,6-7,11-14,17,19H,5,8-10,15-16H2,1H3,(H,24,26)/t17-,19-/m0/s1. The van der Waals surface area contributed by atoms with Crippen molar-refractivity contribution in [1.82, 2.24) is 9.62 Å². The number of carbonyl (C=O) groups is 1. The van der Waals surface area contributed by atoms with Crippen molar-refractivity contribution in [2.75, 3.05) is 13.1 Å². The molecule has 1 heterocycles. The first-order valence-electron chi connectivity index (χ1n) is 9.96. The van der Waals surface area contributed by atoms with Gasteiger partial charge in [-0.15, -0.1) is 0 Å². The second-order valence-electron chi connectivity index (χ2n) is 7.59. The molecule has 2 atom stereocenters. The lowest BCUT2D eigenvalue weighted by Crippen LogP contribution is -2.47. The Labute approximate surface area is 181 Å². The molecule has 1 aliphatic heterocycles. The number of benzene rings is 2. The summed E-state index contributed by atoms with van der Waals surface area (Å²) in [5.41, 5.74) is 1.25. The zero-order chi connectivity index (χ0) is 20.9. The van der Waals surface area contributed by atoms with E-state index in [1.807, 2.05) is 25.1 Å². The van der Waals surface area contributed by atoms with E-state index in [0.717, 1.165) is 17.3 Å². The van der Waals surface area contributed by atoms with Gasteiger partial charge in [-0.1, -0.05) is 46.3 Å². The summed E-state index contributed by atoms with van der Waals surface area (Å²) >= 11 is 3.33.